The van der Waals surface area contributed by atoms with E-state index in [4.69, 9.17) is 4.74 Å². The van der Waals surface area contributed by atoms with Crippen LogP contribution in [0, 0.1) is 0 Å². The van der Waals surface area contributed by atoms with E-state index >= 15 is 0 Å². The summed E-state index contributed by atoms with van der Waals surface area (Å²) in [5, 5.41) is 2.95. The van der Waals surface area contributed by atoms with Gasteiger partial charge in [-0.3, -0.25) is 9.69 Å². The largest absolute Gasteiger partial charge is 0.450 e. The zero-order valence-electron chi connectivity index (χ0n) is 16.5. The molecule has 1 aromatic rings. The Kier molecular flexibility index (Phi) is 5.97. The number of esters is 1. The van der Waals surface area contributed by atoms with Crippen molar-refractivity contribution in [3.05, 3.63) is 47.0 Å². The quantitative estimate of drug-likeness (QED) is 0.769. The Morgan fingerprint density at radius 2 is 1.89 bits per heavy atom. The van der Waals surface area contributed by atoms with Crippen molar-refractivity contribution < 1.29 is 14.3 Å². The molecule has 1 fully saturated rings. The van der Waals surface area contributed by atoms with Crippen LogP contribution >= 0.6 is 0 Å². The highest BCUT2D eigenvalue weighted by atomic mass is 16.6. The molecule has 146 valence electrons. The van der Waals surface area contributed by atoms with Crippen LogP contribution in [0.3, 0.4) is 0 Å². The molecule has 0 aliphatic carbocycles. The smallest absolute Gasteiger partial charge is 0.335 e. The van der Waals surface area contributed by atoms with E-state index in [0.29, 0.717) is 30.5 Å². The molecule has 1 aromatic carbocycles. The summed E-state index contributed by atoms with van der Waals surface area (Å²) in [6.45, 7) is 5.47. The number of ether oxygens (including phenoxy) is 1. The first-order valence-corrected chi connectivity index (χ1v) is 9.55. The molecule has 1 amide bonds. The molecule has 6 heteroatoms. The molecule has 6 nitrogen and oxygen atoms in total. The second-order valence-electron chi connectivity index (χ2n) is 7.70. The van der Waals surface area contributed by atoms with Gasteiger partial charge in [-0.1, -0.05) is 30.3 Å². The van der Waals surface area contributed by atoms with Crippen LogP contribution in [0.15, 0.2) is 41.5 Å². The summed E-state index contributed by atoms with van der Waals surface area (Å²) in [6, 6.07) is 10.3. The Labute approximate surface area is 161 Å². The number of likely N-dealkylation sites (N-methyl/N-ethyl adjacent to an activating group) is 1. The number of rotatable bonds is 6. The lowest BCUT2D eigenvalue weighted by Crippen LogP contribution is -2.49. The van der Waals surface area contributed by atoms with Gasteiger partial charge in [0.15, 0.2) is 0 Å². The Hall–Kier alpha value is -2.18. The van der Waals surface area contributed by atoms with E-state index in [1.165, 1.54) is 5.56 Å². The number of piperidine rings is 1. The van der Waals surface area contributed by atoms with E-state index in [9.17, 15) is 9.59 Å². The van der Waals surface area contributed by atoms with Gasteiger partial charge < -0.3 is 15.0 Å². The summed E-state index contributed by atoms with van der Waals surface area (Å²) in [5.74, 6) is -0.527. The number of nitrogens with zero attached hydrogens (tertiary/aromatic N) is 2. The van der Waals surface area contributed by atoms with Gasteiger partial charge in [0.2, 0.25) is 0 Å². The summed E-state index contributed by atoms with van der Waals surface area (Å²) >= 11 is 0. The molecule has 1 saturated heterocycles. The third kappa shape index (κ3) is 4.39. The van der Waals surface area contributed by atoms with E-state index in [0.717, 1.165) is 26.2 Å². The molecule has 0 saturated carbocycles. The van der Waals surface area contributed by atoms with Crippen LogP contribution in [-0.2, 0) is 20.9 Å². The van der Waals surface area contributed by atoms with Crippen molar-refractivity contribution in [1.82, 2.24) is 15.1 Å². The van der Waals surface area contributed by atoms with Crippen molar-refractivity contribution in [2.45, 2.75) is 31.9 Å². The number of hydrogen-bond acceptors (Lipinski definition) is 5. The monoisotopic (exact) mass is 371 g/mol. The third-order valence-electron chi connectivity index (χ3n) is 5.41. The Balaban J connectivity index is 1.66. The topological polar surface area (TPSA) is 61.9 Å². The summed E-state index contributed by atoms with van der Waals surface area (Å²) < 4.78 is 5.75. The van der Waals surface area contributed by atoms with Crippen molar-refractivity contribution >= 4 is 11.9 Å². The molecule has 0 aromatic heterocycles. The molecule has 2 aliphatic rings. The van der Waals surface area contributed by atoms with Gasteiger partial charge in [0.1, 0.15) is 5.60 Å². The van der Waals surface area contributed by atoms with E-state index in [2.05, 4.69) is 22.3 Å². The fourth-order valence-corrected chi connectivity index (χ4v) is 3.87. The highest BCUT2D eigenvalue weighted by Crippen LogP contribution is 2.41. The predicted molar refractivity (Wildman–Crippen MR) is 104 cm³/mol. The molecule has 2 aliphatic heterocycles. The maximum atomic E-state index is 12.8. The standard InChI is InChI=1S/C21H29N3O3/c1-16-18(19(25)22-11-14-23(2)3)21(27-20(16)26)9-12-24(13-10-21)15-17-7-5-4-6-8-17/h4-8H,9-15H2,1-3H3,(H,22,25). The molecular formula is C21H29N3O3. The first-order valence-electron chi connectivity index (χ1n) is 9.55. The number of hydrogen-bond donors (Lipinski definition) is 1. The van der Waals surface area contributed by atoms with Crippen molar-refractivity contribution in [2.24, 2.45) is 0 Å². The van der Waals surface area contributed by atoms with Gasteiger partial charge >= 0.3 is 5.97 Å². The van der Waals surface area contributed by atoms with E-state index < -0.39 is 5.60 Å². The number of likely N-dealkylation sites (tertiary alicyclic amines) is 1. The molecule has 1 spiro atoms. The van der Waals surface area contributed by atoms with Gasteiger partial charge in [-0.25, -0.2) is 4.79 Å². The lowest BCUT2D eigenvalue weighted by atomic mass is 9.82. The van der Waals surface area contributed by atoms with Crippen LogP contribution < -0.4 is 5.32 Å². The lowest BCUT2D eigenvalue weighted by molar-refractivity contribution is -0.151. The van der Waals surface area contributed by atoms with Gasteiger partial charge in [-0.2, -0.15) is 0 Å². The van der Waals surface area contributed by atoms with Crippen LogP contribution in [0.2, 0.25) is 0 Å². The summed E-state index contributed by atoms with van der Waals surface area (Å²) in [4.78, 5) is 29.4. The minimum atomic E-state index is -0.767. The zero-order chi connectivity index (χ0) is 19.4. The van der Waals surface area contributed by atoms with Crippen molar-refractivity contribution in [1.29, 1.82) is 0 Å². The highest BCUT2D eigenvalue weighted by molar-refractivity contribution is 6.07. The molecule has 0 unspecified atom stereocenters. The Bertz CT molecular complexity index is 719. The molecule has 27 heavy (non-hydrogen) atoms. The van der Waals surface area contributed by atoms with Gasteiger partial charge in [0.25, 0.3) is 5.91 Å². The van der Waals surface area contributed by atoms with Crippen LogP contribution in [0.1, 0.15) is 25.3 Å². The average molecular weight is 371 g/mol. The summed E-state index contributed by atoms with van der Waals surface area (Å²) in [6.07, 6.45) is 1.30. The number of benzene rings is 1. The average Bonchev–Trinajstić information content (AvgIpc) is 2.88. The predicted octanol–water partition coefficient (Wildman–Crippen LogP) is 1.57. The van der Waals surface area contributed by atoms with Gasteiger partial charge in [-0.05, 0) is 26.6 Å². The molecule has 0 bridgehead atoms. The van der Waals surface area contributed by atoms with Crippen LogP contribution in [0.5, 0.6) is 0 Å². The van der Waals surface area contributed by atoms with Crippen LogP contribution in [0.25, 0.3) is 0 Å². The van der Waals surface area contributed by atoms with Crippen molar-refractivity contribution in [3.63, 3.8) is 0 Å². The van der Waals surface area contributed by atoms with Gasteiger partial charge in [0, 0.05) is 51.1 Å². The molecule has 3 rings (SSSR count). The fraction of sp³-hybridized carbons (Fsp3) is 0.524. The lowest BCUT2D eigenvalue weighted by Gasteiger charge is -2.39. The maximum absolute atomic E-state index is 12.8. The Morgan fingerprint density at radius 3 is 2.52 bits per heavy atom. The third-order valence-corrected chi connectivity index (χ3v) is 5.41. The second-order valence-corrected chi connectivity index (χ2v) is 7.70. The minimum absolute atomic E-state index is 0.170. The minimum Gasteiger partial charge on any atom is -0.450 e. The zero-order valence-corrected chi connectivity index (χ0v) is 16.5. The second kappa shape index (κ2) is 8.23. The first-order chi connectivity index (χ1) is 12.9. The van der Waals surface area contributed by atoms with Crippen LogP contribution in [0.4, 0.5) is 0 Å². The molecule has 0 radical (unpaired) electrons. The van der Waals surface area contributed by atoms with Gasteiger partial charge in [-0.15, -0.1) is 0 Å². The van der Waals surface area contributed by atoms with Crippen molar-refractivity contribution in [3.8, 4) is 0 Å². The molecule has 1 N–H and O–H groups in total. The Morgan fingerprint density at radius 1 is 1.22 bits per heavy atom. The normalized spacial score (nSPS) is 19.6. The summed E-state index contributed by atoms with van der Waals surface area (Å²) in [7, 11) is 3.92. The van der Waals surface area contributed by atoms with Gasteiger partial charge in [0.05, 0.1) is 5.57 Å². The highest BCUT2D eigenvalue weighted by Gasteiger charge is 2.50. The van der Waals surface area contributed by atoms with E-state index in [1.807, 2.05) is 37.2 Å². The maximum Gasteiger partial charge on any atom is 0.335 e. The fourth-order valence-electron chi connectivity index (χ4n) is 3.87. The summed E-state index contributed by atoms with van der Waals surface area (Å²) in [5.41, 5.74) is 1.49. The SMILES string of the molecule is CC1=C(C(=O)NCCN(C)C)C2(CCN(Cc3ccccc3)CC2)OC1=O. The van der Waals surface area contributed by atoms with E-state index in [1.54, 1.807) is 6.92 Å². The van der Waals surface area contributed by atoms with Crippen molar-refractivity contribution in [2.75, 3.05) is 40.3 Å². The number of nitrogens with one attached hydrogen (secondary N) is 1. The first kappa shape index (κ1) is 19.6. The molecular weight excluding hydrogens is 342 g/mol. The molecule has 0 atom stereocenters. The van der Waals surface area contributed by atoms with Crippen LogP contribution in [-0.4, -0.2) is 67.6 Å². The van der Waals surface area contributed by atoms with E-state index in [-0.39, 0.29) is 11.9 Å². The number of carbonyl (C=O) groups excluding carboxylic acids is 2. The molecule has 2 heterocycles. The number of carbonyl (C=O) groups is 2. The number of amides is 1.